The van der Waals surface area contributed by atoms with Crippen molar-refractivity contribution in [2.24, 2.45) is 0 Å². The summed E-state index contributed by atoms with van der Waals surface area (Å²) in [5, 5.41) is 6.77. The van der Waals surface area contributed by atoms with E-state index in [1.165, 1.54) is 18.2 Å². The van der Waals surface area contributed by atoms with Gasteiger partial charge in [0.2, 0.25) is 0 Å². The minimum atomic E-state index is -0.849. The normalized spacial score (nSPS) is 18.2. The Morgan fingerprint density at radius 1 is 1.00 bits per heavy atom. The first-order valence-electron chi connectivity index (χ1n) is 12.8. The summed E-state index contributed by atoms with van der Waals surface area (Å²) in [6, 6.07) is 11.1. The lowest BCUT2D eigenvalue weighted by Crippen LogP contribution is -2.56. The maximum absolute atomic E-state index is 14.0. The van der Waals surface area contributed by atoms with Gasteiger partial charge in [-0.3, -0.25) is 9.69 Å². The summed E-state index contributed by atoms with van der Waals surface area (Å²) in [6.45, 7) is 2.18. The van der Waals surface area contributed by atoms with Crippen LogP contribution in [0, 0.1) is 5.82 Å². The number of carbonyl (C=O) groups is 3. The van der Waals surface area contributed by atoms with Crippen LogP contribution in [0.5, 0.6) is 0 Å². The van der Waals surface area contributed by atoms with E-state index in [0.717, 1.165) is 16.0 Å². The molecular weight excluding hydrogens is 525 g/mol. The van der Waals surface area contributed by atoms with E-state index < -0.39 is 23.8 Å². The first-order chi connectivity index (χ1) is 18.8. The lowest BCUT2D eigenvalue weighted by atomic mass is 10.1. The number of nitrogen functional groups attached to an aromatic ring is 1. The number of anilines is 3. The highest BCUT2D eigenvalue weighted by atomic mass is 35.5. The molecule has 3 aromatic rings. The monoisotopic (exact) mass is 553 g/mol. The number of rotatable bonds is 3. The minimum absolute atomic E-state index is 0.00941. The van der Waals surface area contributed by atoms with E-state index >= 15 is 0 Å². The zero-order valence-corrected chi connectivity index (χ0v) is 22.0. The number of aromatic nitrogens is 1. The SMILES string of the molecule is Nc1cc(N2CCN(C(=O)NC3CCCCN(C(=O)Nc4ccccc4F)C3=O)CC2)c2ccc(Cl)cc2n1. The van der Waals surface area contributed by atoms with E-state index in [-0.39, 0.29) is 18.3 Å². The summed E-state index contributed by atoms with van der Waals surface area (Å²) >= 11 is 6.12. The van der Waals surface area contributed by atoms with E-state index in [1.807, 2.05) is 12.1 Å². The number of hydrogen-bond donors (Lipinski definition) is 3. The van der Waals surface area contributed by atoms with Crippen molar-refractivity contribution in [2.45, 2.75) is 25.3 Å². The van der Waals surface area contributed by atoms with E-state index in [2.05, 4.69) is 20.5 Å². The fraction of sp³-hybridized carbons (Fsp3) is 0.333. The highest BCUT2D eigenvalue weighted by molar-refractivity contribution is 6.31. The first kappa shape index (κ1) is 26.5. The number of urea groups is 2. The number of pyridine rings is 1. The number of piperazine rings is 1. The van der Waals surface area contributed by atoms with Gasteiger partial charge in [-0.1, -0.05) is 23.7 Å². The lowest BCUT2D eigenvalue weighted by molar-refractivity contribution is -0.129. The van der Waals surface area contributed by atoms with E-state index in [4.69, 9.17) is 17.3 Å². The quantitative estimate of drug-likeness (QED) is 0.449. The van der Waals surface area contributed by atoms with Crippen molar-refractivity contribution in [3.05, 3.63) is 59.4 Å². The standard InChI is InChI=1S/C27H29ClFN7O3/c28-17-8-9-18-22(15-17)31-24(30)16-23(18)34-11-13-35(14-12-34)26(38)33-21-7-3-4-10-36(25(21)37)27(39)32-20-6-2-1-5-19(20)29/h1-2,5-6,8-9,15-16,21H,3-4,7,10-14H2,(H2,30,31)(H,32,39)(H,33,38). The number of nitrogens with one attached hydrogen (secondary N) is 2. The van der Waals surface area contributed by atoms with Crippen LogP contribution in [0.25, 0.3) is 10.9 Å². The fourth-order valence-electron chi connectivity index (χ4n) is 4.98. The van der Waals surface area contributed by atoms with E-state index in [1.54, 1.807) is 23.1 Å². The number of halogens is 2. The number of likely N-dealkylation sites (tertiary alicyclic amines) is 1. The maximum Gasteiger partial charge on any atom is 0.328 e. The molecule has 39 heavy (non-hydrogen) atoms. The molecule has 0 spiro atoms. The predicted octanol–water partition coefficient (Wildman–Crippen LogP) is 4.05. The van der Waals surface area contributed by atoms with Gasteiger partial charge in [-0.2, -0.15) is 0 Å². The van der Waals surface area contributed by atoms with Crippen molar-refractivity contribution >= 4 is 57.7 Å². The number of imide groups is 1. The first-order valence-corrected chi connectivity index (χ1v) is 13.2. The molecule has 2 fully saturated rings. The largest absolute Gasteiger partial charge is 0.384 e. The Labute approximate surface area is 229 Å². The van der Waals surface area contributed by atoms with Crippen LogP contribution in [0.4, 0.5) is 31.2 Å². The summed E-state index contributed by atoms with van der Waals surface area (Å²) in [5.74, 6) is -0.718. The molecule has 0 bridgehead atoms. The molecule has 12 heteroatoms. The van der Waals surface area contributed by atoms with Gasteiger partial charge in [0.15, 0.2) is 0 Å². The molecule has 2 aliphatic heterocycles. The Balaban J connectivity index is 1.21. The smallest absolute Gasteiger partial charge is 0.328 e. The van der Waals surface area contributed by atoms with Gasteiger partial charge in [0.1, 0.15) is 17.7 Å². The van der Waals surface area contributed by atoms with Crippen molar-refractivity contribution in [3.8, 4) is 0 Å². The van der Waals surface area contributed by atoms with Crippen LogP contribution in [-0.2, 0) is 4.79 Å². The van der Waals surface area contributed by atoms with Gasteiger partial charge in [0.05, 0.1) is 11.2 Å². The molecular formula is C27H29ClFN7O3. The highest BCUT2D eigenvalue weighted by Gasteiger charge is 2.34. The molecule has 5 rings (SSSR count). The third-order valence-corrected chi connectivity index (χ3v) is 7.26. The predicted molar refractivity (Wildman–Crippen MR) is 148 cm³/mol. The van der Waals surface area contributed by atoms with Gasteiger partial charge < -0.3 is 26.2 Å². The number of para-hydroxylation sites is 1. The second-order valence-electron chi connectivity index (χ2n) is 9.60. The summed E-state index contributed by atoms with van der Waals surface area (Å²) < 4.78 is 14.0. The van der Waals surface area contributed by atoms with Crippen LogP contribution in [0.1, 0.15) is 19.3 Å². The van der Waals surface area contributed by atoms with Crippen LogP contribution in [-0.4, -0.2) is 71.5 Å². The number of benzene rings is 2. The van der Waals surface area contributed by atoms with Crippen LogP contribution in [0.2, 0.25) is 5.02 Å². The molecule has 10 nitrogen and oxygen atoms in total. The maximum atomic E-state index is 14.0. The van der Waals surface area contributed by atoms with Gasteiger partial charge in [0.25, 0.3) is 5.91 Å². The highest BCUT2D eigenvalue weighted by Crippen LogP contribution is 2.30. The summed E-state index contributed by atoms with van der Waals surface area (Å²) in [4.78, 5) is 48.3. The summed E-state index contributed by atoms with van der Waals surface area (Å²) in [6.07, 6.45) is 1.67. The number of carbonyl (C=O) groups excluding carboxylic acids is 3. The Hall–Kier alpha value is -4.12. The van der Waals surface area contributed by atoms with E-state index in [9.17, 15) is 18.8 Å². The second kappa shape index (κ2) is 11.3. The fourth-order valence-corrected chi connectivity index (χ4v) is 5.14. The van der Waals surface area contributed by atoms with Crippen molar-refractivity contribution in [1.29, 1.82) is 0 Å². The molecule has 1 unspecified atom stereocenters. The third-order valence-electron chi connectivity index (χ3n) is 7.02. The minimum Gasteiger partial charge on any atom is -0.384 e. The average Bonchev–Trinajstić information content (AvgIpc) is 3.10. The Morgan fingerprint density at radius 3 is 2.54 bits per heavy atom. The van der Waals surface area contributed by atoms with Gasteiger partial charge in [-0.25, -0.2) is 19.0 Å². The van der Waals surface area contributed by atoms with Crippen molar-refractivity contribution in [3.63, 3.8) is 0 Å². The number of nitrogens with two attached hydrogens (primary N) is 1. The van der Waals surface area contributed by atoms with Crippen LogP contribution in [0.15, 0.2) is 48.5 Å². The lowest BCUT2D eigenvalue weighted by Gasteiger charge is -2.37. The topological polar surface area (TPSA) is 124 Å². The Morgan fingerprint density at radius 2 is 1.77 bits per heavy atom. The van der Waals surface area contributed by atoms with Crippen LogP contribution >= 0.6 is 11.6 Å². The summed E-state index contributed by atoms with van der Waals surface area (Å²) in [5.41, 5.74) is 7.65. The van der Waals surface area contributed by atoms with Crippen LogP contribution in [0.3, 0.4) is 0 Å². The zero-order valence-electron chi connectivity index (χ0n) is 21.2. The Bertz CT molecular complexity index is 1410. The molecule has 204 valence electrons. The molecule has 2 saturated heterocycles. The molecule has 2 aliphatic rings. The van der Waals surface area contributed by atoms with Gasteiger partial charge >= 0.3 is 12.1 Å². The number of fused-ring (bicyclic) bond motifs is 1. The number of nitrogens with zero attached hydrogens (tertiary/aromatic N) is 4. The Kier molecular flexibility index (Phi) is 7.69. The molecule has 5 amide bonds. The van der Waals surface area contributed by atoms with Gasteiger partial charge in [0, 0.05) is 54.9 Å². The molecule has 4 N–H and O–H groups in total. The molecule has 0 radical (unpaired) electrons. The number of hydrogen-bond acceptors (Lipinski definition) is 6. The molecule has 0 aliphatic carbocycles. The molecule has 2 aromatic carbocycles. The van der Waals surface area contributed by atoms with E-state index in [0.29, 0.717) is 61.8 Å². The third kappa shape index (κ3) is 5.83. The zero-order chi connectivity index (χ0) is 27.5. The van der Waals surface area contributed by atoms with Crippen molar-refractivity contribution < 1.29 is 18.8 Å². The summed E-state index contributed by atoms with van der Waals surface area (Å²) in [7, 11) is 0. The van der Waals surface area contributed by atoms with Crippen molar-refractivity contribution in [1.82, 2.24) is 20.1 Å². The van der Waals surface area contributed by atoms with Crippen LogP contribution < -0.4 is 21.3 Å². The molecule has 1 aromatic heterocycles. The molecule has 3 heterocycles. The van der Waals surface area contributed by atoms with Gasteiger partial charge in [-0.05, 0) is 49.6 Å². The molecule has 1 atom stereocenters. The van der Waals surface area contributed by atoms with Gasteiger partial charge in [-0.15, -0.1) is 0 Å². The van der Waals surface area contributed by atoms with Crippen molar-refractivity contribution in [2.75, 3.05) is 48.7 Å². The molecule has 0 saturated carbocycles. The number of amides is 5. The average molecular weight is 554 g/mol. The second-order valence-corrected chi connectivity index (χ2v) is 10.0.